The Morgan fingerprint density at radius 2 is 2.09 bits per heavy atom. The Hall–Kier alpha value is -2.28. The third kappa shape index (κ3) is 2.48. The van der Waals surface area contributed by atoms with Crippen molar-refractivity contribution >= 4 is 11.6 Å². The van der Waals surface area contributed by atoms with Crippen molar-refractivity contribution in [2.24, 2.45) is 5.92 Å². The molecule has 1 aliphatic heterocycles. The van der Waals surface area contributed by atoms with Gasteiger partial charge in [0.15, 0.2) is 0 Å². The van der Waals surface area contributed by atoms with Crippen LogP contribution in [0.5, 0.6) is 5.75 Å². The fraction of sp³-hybridized carbons (Fsp3) is 0.238. The van der Waals surface area contributed by atoms with Gasteiger partial charge in [-0.2, -0.15) is 0 Å². The van der Waals surface area contributed by atoms with Crippen LogP contribution in [0, 0.1) is 12.8 Å². The molecule has 1 heterocycles. The predicted octanol–water partition coefficient (Wildman–Crippen LogP) is 5.84. The van der Waals surface area contributed by atoms with Crippen molar-refractivity contribution in [3.05, 3.63) is 77.1 Å². The molecule has 0 fully saturated rings. The van der Waals surface area contributed by atoms with Gasteiger partial charge in [0, 0.05) is 17.1 Å². The minimum absolute atomic E-state index is 0.350. The molecule has 0 radical (unpaired) electrons. The molecular formula is C21H22O. The molecule has 112 valence electrons. The summed E-state index contributed by atoms with van der Waals surface area (Å²) in [4.78, 5) is 0. The lowest BCUT2D eigenvalue weighted by atomic mass is 9.82. The molecule has 1 aromatic rings. The summed E-state index contributed by atoms with van der Waals surface area (Å²) >= 11 is 0. The van der Waals surface area contributed by atoms with Crippen LogP contribution in [-0.4, -0.2) is 0 Å². The van der Waals surface area contributed by atoms with E-state index in [0.29, 0.717) is 5.92 Å². The van der Waals surface area contributed by atoms with Crippen LogP contribution in [0.2, 0.25) is 0 Å². The molecule has 0 N–H and O–H groups in total. The lowest BCUT2D eigenvalue weighted by molar-refractivity contribution is 0.463. The summed E-state index contributed by atoms with van der Waals surface area (Å²) < 4.78 is 5.92. The Bertz CT molecular complexity index is 741. The standard InChI is InChI=1S/C21H22O/c1-5-6-18-15(3)9-12-20-21(18)16(4)19(13-22-20)17-10-7-14(2)8-11-17/h5-10,12-13,17H,4,11H2,1-3H3/b6-5-. The molecule has 1 unspecified atom stereocenters. The Morgan fingerprint density at radius 3 is 2.77 bits per heavy atom. The zero-order chi connectivity index (χ0) is 15.7. The highest BCUT2D eigenvalue weighted by molar-refractivity contribution is 5.88. The highest BCUT2D eigenvalue weighted by Gasteiger charge is 2.25. The van der Waals surface area contributed by atoms with Crippen molar-refractivity contribution in [1.29, 1.82) is 0 Å². The van der Waals surface area contributed by atoms with E-state index in [-0.39, 0.29) is 0 Å². The summed E-state index contributed by atoms with van der Waals surface area (Å²) in [5.41, 5.74) is 7.18. The van der Waals surface area contributed by atoms with Gasteiger partial charge in [-0.25, -0.2) is 0 Å². The van der Waals surface area contributed by atoms with E-state index < -0.39 is 0 Å². The highest BCUT2D eigenvalue weighted by Crippen LogP contribution is 2.43. The molecule has 0 saturated heterocycles. The van der Waals surface area contributed by atoms with Crippen LogP contribution in [0.15, 0.2) is 60.4 Å². The molecule has 1 heteroatoms. The van der Waals surface area contributed by atoms with Gasteiger partial charge in [0.05, 0.1) is 6.26 Å². The second-order valence-electron chi connectivity index (χ2n) is 5.99. The molecule has 3 rings (SSSR count). The third-order valence-electron chi connectivity index (χ3n) is 4.41. The third-order valence-corrected chi connectivity index (χ3v) is 4.41. The summed E-state index contributed by atoms with van der Waals surface area (Å²) in [6.45, 7) is 10.7. The smallest absolute Gasteiger partial charge is 0.134 e. The SMILES string of the molecule is C=C1C(C2C=CC(C)=CC2)=COc2ccc(C)c(/C=C\C)c21. The van der Waals surface area contributed by atoms with Crippen molar-refractivity contribution in [3.8, 4) is 5.75 Å². The van der Waals surface area contributed by atoms with Gasteiger partial charge in [-0.3, -0.25) is 0 Å². The van der Waals surface area contributed by atoms with Crippen molar-refractivity contribution < 1.29 is 4.74 Å². The maximum Gasteiger partial charge on any atom is 0.134 e. The van der Waals surface area contributed by atoms with Gasteiger partial charge >= 0.3 is 0 Å². The lowest BCUT2D eigenvalue weighted by Gasteiger charge is -2.27. The summed E-state index contributed by atoms with van der Waals surface area (Å²) in [5.74, 6) is 1.25. The molecule has 0 amide bonds. The Kier molecular flexibility index (Phi) is 3.89. The first-order chi connectivity index (χ1) is 10.6. The quantitative estimate of drug-likeness (QED) is 0.665. The normalized spacial score (nSPS) is 20.5. The molecule has 0 spiro atoms. The number of benzene rings is 1. The first-order valence-electron chi connectivity index (χ1n) is 7.79. The molecule has 22 heavy (non-hydrogen) atoms. The van der Waals surface area contributed by atoms with E-state index in [0.717, 1.165) is 23.3 Å². The number of rotatable bonds is 2. The topological polar surface area (TPSA) is 9.23 Å². The number of fused-ring (bicyclic) bond motifs is 1. The second kappa shape index (κ2) is 5.84. The van der Waals surface area contributed by atoms with Gasteiger partial charge in [0.1, 0.15) is 5.75 Å². The van der Waals surface area contributed by atoms with Gasteiger partial charge < -0.3 is 4.74 Å². The van der Waals surface area contributed by atoms with Crippen molar-refractivity contribution in [2.75, 3.05) is 0 Å². The van der Waals surface area contributed by atoms with E-state index >= 15 is 0 Å². The minimum Gasteiger partial charge on any atom is -0.464 e. The molecule has 2 aliphatic rings. The lowest BCUT2D eigenvalue weighted by Crippen LogP contribution is -2.12. The van der Waals surface area contributed by atoms with Crippen LogP contribution in [0.1, 0.15) is 37.0 Å². The average Bonchev–Trinajstić information content (AvgIpc) is 2.52. The van der Waals surface area contributed by atoms with Crippen LogP contribution in [-0.2, 0) is 0 Å². The van der Waals surface area contributed by atoms with Crippen molar-refractivity contribution in [2.45, 2.75) is 27.2 Å². The Balaban J connectivity index is 2.02. The van der Waals surface area contributed by atoms with Crippen molar-refractivity contribution in [3.63, 3.8) is 0 Å². The molecular weight excluding hydrogens is 268 g/mol. The number of hydrogen-bond donors (Lipinski definition) is 0. The second-order valence-corrected chi connectivity index (χ2v) is 5.99. The zero-order valence-corrected chi connectivity index (χ0v) is 13.5. The van der Waals surface area contributed by atoms with Crippen LogP contribution < -0.4 is 4.74 Å². The van der Waals surface area contributed by atoms with Gasteiger partial charge in [-0.05, 0) is 50.0 Å². The molecule has 0 aromatic heterocycles. The van der Waals surface area contributed by atoms with E-state index in [1.165, 1.54) is 22.3 Å². The number of aryl methyl sites for hydroxylation is 1. The fourth-order valence-electron chi connectivity index (χ4n) is 3.11. The fourth-order valence-corrected chi connectivity index (χ4v) is 3.11. The van der Waals surface area contributed by atoms with E-state index in [1.54, 1.807) is 0 Å². The van der Waals surface area contributed by atoms with Crippen LogP contribution in [0.4, 0.5) is 0 Å². The van der Waals surface area contributed by atoms with E-state index in [1.807, 2.05) is 19.3 Å². The highest BCUT2D eigenvalue weighted by atomic mass is 16.5. The zero-order valence-electron chi connectivity index (χ0n) is 13.5. The van der Waals surface area contributed by atoms with Crippen LogP contribution in [0.3, 0.4) is 0 Å². The average molecular weight is 290 g/mol. The summed E-state index contributed by atoms with van der Waals surface area (Å²) in [6, 6.07) is 4.14. The predicted molar refractivity (Wildman–Crippen MR) is 94.6 cm³/mol. The van der Waals surface area contributed by atoms with E-state index in [4.69, 9.17) is 4.74 Å². The molecule has 0 bridgehead atoms. The first kappa shape index (κ1) is 14.6. The summed E-state index contributed by atoms with van der Waals surface area (Å²) in [7, 11) is 0. The minimum atomic E-state index is 0.350. The van der Waals surface area contributed by atoms with E-state index in [9.17, 15) is 0 Å². The van der Waals surface area contributed by atoms with Gasteiger partial charge in [-0.1, -0.05) is 48.6 Å². The van der Waals surface area contributed by atoms with Crippen molar-refractivity contribution in [1.82, 2.24) is 0 Å². The molecule has 1 aliphatic carbocycles. The Morgan fingerprint density at radius 1 is 1.27 bits per heavy atom. The number of hydrogen-bond acceptors (Lipinski definition) is 1. The maximum atomic E-state index is 5.92. The Labute approximate surface area is 133 Å². The largest absolute Gasteiger partial charge is 0.464 e. The summed E-state index contributed by atoms with van der Waals surface area (Å²) in [6.07, 6.45) is 13.8. The first-order valence-corrected chi connectivity index (χ1v) is 7.79. The monoisotopic (exact) mass is 290 g/mol. The van der Waals surface area contributed by atoms with Crippen LogP contribution in [0.25, 0.3) is 11.6 Å². The number of allylic oxidation sites excluding steroid dienone is 7. The number of ether oxygens (including phenoxy) is 1. The molecule has 1 aromatic carbocycles. The van der Waals surface area contributed by atoms with E-state index in [2.05, 4.69) is 56.9 Å². The van der Waals surface area contributed by atoms with Gasteiger partial charge in [0.25, 0.3) is 0 Å². The molecule has 0 saturated carbocycles. The molecule has 1 atom stereocenters. The summed E-state index contributed by atoms with van der Waals surface area (Å²) in [5, 5.41) is 0. The maximum absolute atomic E-state index is 5.92. The van der Waals surface area contributed by atoms with Crippen LogP contribution >= 0.6 is 0 Å². The van der Waals surface area contributed by atoms with Gasteiger partial charge in [-0.15, -0.1) is 0 Å². The van der Waals surface area contributed by atoms with Gasteiger partial charge in [0.2, 0.25) is 0 Å². The molecule has 1 nitrogen and oxygen atoms in total.